The number of methoxy groups -OCH3 is 1. The van der Waals surface area contributed by atoms with E-state index in [4.69, 9.17) is 14.2 Å². The van der Waals surface area contributed by atoms with Crippen molar-refractivity contribution in [2.24, 2.45) is 0 Å². The van der Waals surface area contributed by atoms with Crippen LogP contribution in [-0.2, 0) is 11.3 Å². The van der Waals surface area contributed by atoms with Crippen LogP contribution in [0.1, 0.15) is 48.8 Å². The number of H-pyrrole nitrogens is 1. The Morgan fingerprint density at radius 1 is 1.27 bits per heavy atom. The van der Waals surface area contributed by atoms with Gasteiger partial charge in [-0.2, -0.15) is 16.4 Å². The zero-order valence-electron chi connectivity index (χ0n) is 19.4. The molecule has 33 heavy (non-hydrogen) atoms. The van der Waals surface area contributed by atoms with Gasteiger partial charge < -0.3 is 19.1 Å². The van der Waals surface area contributed by atoms with E-state index in [0.29, 0.717) is 23.8 Å². The number of thiophene rings is 1. The molecular formula is C25H27N3O4S. The van der Waals surface area contributed by atoms with Gasteiger partial charge in [-0.3, -0.25) is 9.89 Å². The van der Waals surface area contributed by atoms with Gasteiger partial charge in [0.15, 0.2) is 5.69 Å². The summed E-state index contributed by atoms with van der Waals surface area (Å²) in [6.07, 6.45) is 2.93. The van der Waals surface area contributed by atoms with Gasteiger partial charge in [-0.05, 0) is 55.3 Å². The normalized spacial score (nSPS) is 14.6. The fraction of sp³-hybridized carbons (Fsp3) is 0.360. The van der Waals surface area contributed by atoms with Gasteiger partial charge in [0.1, 0.15) is 23.9 Å². The van der Waals surface area contributed by atoms with Crippen LogP contribution in [-0.4, -0.2) is 47.3 Å². The number of aromatic amines is 1. The SMILES string of the molecule is COc1c(C2=CCCO2)cc2c(c1-c1ccsc1)OCc1c(C(=O)N(C)C(C)(C)C)n[nH]c1-2. The Morgan fingerprint density at radius 2 is 2.09 bits per heavy atom. The van der Waals surface area contributed by atoms with Crippen molar-refractivity contribution in [1.29, 1.82) is 0 Å². The number of carbonyl (C=O) groups is 1. The minimum atomic E-state index is -0.324. The Labute approximate surface area is 197 Å². The third-order valence-electron chi connectivity index (χ3n) is 6.23. The van der Waals surface area contributed by atoms with E-state index in [1.807, 2.05) is 32.2 Å². The molecule has 7 nitrogen and oxygen atoms in total. The summed E-state index contributed by atoms with van der Waals surface area (Å²) in [6.45, 7) is 6.88. The first-order valence-corrected chi connectivity index (χ1v) is 11.8. The highest BCUT2D eigenvalue weighted by molar-refractivity contribution is 7.08. The number of carbonyl (C=O) groups excluding carboxylic acids is 1. The molecule has 0 bridgehead atoms. The lowest BCUT2D eigenvalue weighted by molar-refractivity contribution is 0.0647. The van der Waals surface area contributed by atoms with Crippen LogP contribution in [0.15, 0.2) is 29.0 Å². The van der Waals surface area contributed by atoms with E-state index in [0.717, 1.165) is 45.7 Å². The number of hydrogen-bond acceptors (Lipinski definition) is 6. The predicted molar refractivity (Wildman–Crippen MR) is 129 cm³/mol. The maximum absolute atomic E-state index is 13.2. The number of nitrogens with zero attached hydrogens (tertiary/aromatic N) is 2. The summed E-state index contributed by atoms with van der Waals surface area (Å²) in [5, 5.41) is 11.6. The summed E-state index contributed by atoms with van der Waals surface area (Å²) in [4.78, 5) is 14.9. The third kappa shape index (κ3) is 3.49. The van der Waals surface area contributed by atoms with E-state index < -0.39 is 0 Å². The summed E-state index contributed by atoms with van der Waals surface area (Å²) < 4.78 is 18.1. The second-order valence-electron chi connectivity index (χ2n) is 9.18. The highest BCUT2D eigenvalue weighted by Gasteiger charge is 2.34. The Balaban J connectivity index is 1.71. The van der Waals surface area contributed by atoms with Crippen LogP contribution >= 0.6 is 11.3 Å². The Morgan fingerprint density at radius 3 is 2.73 bits per heavy atom. The first kappa shape index (κ1) is 21.6. The minimum Gasteiger partial charge on any atom is -0.495 e. The van der Waals surface area contributed by atoms with Gasteiger partial charge in [0.05, 0.1) is 30.5 Å². The van der Waals surface area contributed by atoms with Crippen LogP contribution in [0.5, 0.6) is 11.5 Å². The predicted octanol–water partition coefficient (Wildman–Crippen LogP) is 5.34. The molecule has 1 aromatic carbocycles. The zero-order chi connectivity index (χ0) is 23.3. The third-order valence-corrected chi connectivity index (χ3v) is 6.91. The van der Waals surface area contributed by atoms with Gasteiger partial charge in [0.2, 0.25) is 0 Å². The Hall–Kier alpha value is -3.26. The fourth-order valence-corrected chi connectivity index (χ4v) is 4.81. The van der Waals surface area contributed by atoms with E-state index >= 15 is 0 Å². The number of fused-ring (bicyclic) bond motifs is 3. The standard InChI is InChI=1S/C25H27N3O4S/c1-25(2,3)28(4)24(29)21-17-12-32-23-16(20(17)26-27-21)11-15(18-7-6-9-31-18)22(30-5)19(23)14-8-10-33-13-14/h7-8,10-11,13H,6,9,12H2,1-5H3,(H,26,27). The van der Waals surface area contributed by atoms with Gasteiger partial charge in [-0.1, -0.05) is 0 Å². The fourth-order valence-electron chi connectivity index (χ4n) is 4.17. The second-order valence-corrected chi connectivity index (χ2v) is 9.96. The number of amides is 1. The number of aromatic nitrogens is 2. The first-order chi connectivity index (χ1) is 15.8. The lowest BCUT2D eigenvalue weighted by atomic mass is 9.92. The molecule has 2 aliphatic rings. The summed E-state index contributed by atoms with van der Waals surface area (Å²) in [6, 6.07) is 4.06. The number of ether oxygens (including phenoxy) is 3. The van der Waals surface area contributed by atoms with Crippen LogP contribution in [0.2, 0.25) is 0 Å². The minimum absolute atomic E-state index is 0.138. The van der Waals surface area contributed by atoms with Crippen molar-refractivity contribution in [1.82, 2.24) is 15.1 Å². The van der Waals surface area contributed by atoms with Crippen LogP contribution in [0.3, 0.4) is 0 Å². The van der Waals surface area contributed by atoms with Crippen molar-refractivity contribution < 1.29 is 19.0 Å². The van der Waals surface area contributed by atoms with Crippen LogP contribution in [0, 0.1) is 0 Å². The van der Waals surface area contributed by atoms with Gasteiger partial charge in [0.25, 0.3) is 5.91 Å². The molecule has 172 valence electrons. The number of benzene rings is 1. The van der Waals surface area contributed by atoms with Gasteiger partial charge in [0, 0.05) is 30.1 Å². The molecule has 4 heterocycles. The quantitative estimate of drug-likeness (QED) is 0.563. The zero-order valence-corrected chi connectivity index (χ0v) is 20.3. The molecule has 0 saturated carbocycles. The topological polar surface area (TPSA) is 76.7 Å². The van der Waals surface area contributed by atoms with Crippen molar-refractivity contribution in [3.05, 3.63) is 45.8 Å². The summed E-state index contributed by atoms with van der Waals surface area (Å²) in [5.41, 5.74) is 5.21. The van der Waals surface area contributed by atoms with Crippen molar-refractivity contribution in [2.45, 2.75) is 39.3 Å². The monoisotopic (exact) mass is 465 g/mol. The maximum Gasteiger partial charge on any atom is 0.274 e. The molecule has 0 unspecified atom stereocenters. The molecule has 5 rings (SSSR count). The molecule has 1 N–H and O–H groups in total. The molecule has 0 aliphatic carbocycles. The van der Waals surface area contributed by atoms with Gasteiger partial charge in [-0.25, -0.2) is 0 Å². The molecule has 2 aliphatic heterocycles. The molecule has 0 atom stereocenters. The highest BCUT2D eigenvalue weighted by atomic mass is 32.1. The summed E-state index contributed by atoms with van der Waals surface area (Å²) in [7, 11) is 3.46. The van der Waals surface area contributed by atoms with Crippen LogP contribution in [0.25, 0.3) is 28.1 Å². The van der Waals surface area contributed by atoms with Gasteiger partial charge in [-0.15, -0.1) is 0 Å². The molecule has 3 aromatic rings. The molecule has 0 spiro atoms. The lowest BCUT2D eigenvalue weighted by Gasteiger charge is -2.32. The maximum atomic E-state index is 13.2. The van der Waals surface area contributed by atoms with Crippen molar-refractivity contribution in [2.75, 3.05) is 20.8 Å². The van der Waals surface area contributed by atoms with E-state index in [2.05, 4.69) is 27.7 Å². The molecule has 2 aromatic heterocycles. The van der Waals surface area contributed by atoms with Gasteiger partial charge >= 0.3 is 0 Å². The number of hydrogen-bond donors (Lipinski definition) is 1. The summed E-state index contributed by atoms with van der Waals surface area (Å²) >= 11 is 1.61. The molecule has 0 saturated heterocycles. The molecular weight excluding hydrogens is 438 g/mol. The second kappa shape index (κ2) is 7.95. The largest absolute Gasteiger partial charge is 0.495 e. The van der Waals surface area contributed by atoms with Crippen LogP contribution in [0.4, 0.5) is 0 Å². The van der Waals surface area contributed by atoms with E-state index in [9.17, 15) is 4.79 Å². The Kier molecular flexibility index (Phi) is 5.20. The molecule has 0 fully saturated rings. The summed E-state index contributed by atoms with van der Waals surface area (Å²) in [5.74, 6) is 2.08. The molecule has 1 amide bonds. The van der Waals surface area contributed by atoms with Crippen LogP contribution < -0.4 is 9.47 Å². The average molecular weight is 466 g/mol. The molecule has 0 radical (unpaired) electrons. The highest BCUT2D eigenvalue weighted by Crippen LogP contribution is 2.52. The lowest BCUT2D eigenvalue weighted by Crippen LogP contribution is -2.43. The Bertz CT molecular complexity index is 1250. The van der Waals surface area contributed by atoms with E-state index in [-0.39, 0.29) is 18.1 Å². The average Bonchev–Trinajstić information content (AvgIpc) is 3.57. The number of rotatable bonds is 4. The van der Waals surface area contributed by atoms with E-state index in [1.165, 1.54) is 0 Å². The smallest absolute Gasteiger partial charge is 0.274 e. The molecule has 8 heteroatoms. The van der Waals surface area contributed by atoms with E-state index in [1.54, 1.807) is 30.4 Å². The van der Waals surface area contributed by atoms with Crippen molar-refractivity contribution in [3.63, 3.8) is 0 Å². The first-order valence-electron chi connectivity index (χ1n) is 10.9. The van der Waals surface area contributed by atoms with Crippen molar-refractivity contribution >= 4 is 23.0 Å². The number of nitrogens with one attached hydrogen (secondary N) is 1. The van der Waals surface area contributed by atoms with Crippen molar-refractivity contribution in [3.8, 4) is 33.9 Å².